The van der Waals surface area contributed by atoms with E-state index in [1.165, 1.54) is 7.11 Å². The lowest BCUT2D eigenvalue weighted by Crippen LogP contribution is -1.90. The molecule has 2 nitrogen and oxygen atoms in total. The van der Waals surface area contributed by atoms with Crippen LogP contribution in [0.1, 0.15) is 0 Å². The van der Waals surface area contributed by atoms with Crippen molar-refractivity contribution in [3.05, 3.63) is 44.5 Å². The molecule has 1 aromatic carbocycles. The van der Waals surface area contributed by atoms with E-state index < -0.39 is 0 Å². The van der Waals surface area contributed by atoms with Gasteiger partial charge in [0.15, 0.2) is 0 Å². The molecule has 0 spiro atoms. The summed E-state index contributed by atoms with van der Waals surface area (Å²) in [5.41, 5.74) is 1.34. The fourth-order valence-corrected chi connectivity index (χ4v) is 2.81. The molecule has 2 aromatic rings. The lowest BCUT2D eigenvalue weighted by atomic mass is 10.1. The maximum atomic E-state index is 6.12. The quantitative estimate of drug-likeness (QED) is 0.741. The molecule has 0 bridgehead atoms. The predicted molar refractivity (Wildman–Crippen MR) is 76.3 cm³/mol. The average molecular weight is 323 g/mol. The first-order chi connectivity index (χ1) is 8.52. The highest BCUT2D eigenvalue weighted by atomic mass is 35.5. The number of hydrogen-bond acceptors (Lipinski definition) is 2. The average Bonchev–Trinajstić information content (AvgIpc) is 2.27. The van der Waals surface area contributed by atoms with Crippen LogP contribution in [0.3, 0.4) is 0 Å². The lowest BCUT2D eigenvalue weighted by molar-refractivity contribution is 0.398. The van der Waals surface area contributed by atoms with E-state index >= 15 is 0 Å². The molecule has 0 saturated carbocycles. The van der Waals surface area contributed by atoms with Crippen LogP contribution in [0, 0.1) is 0 Å². The third-order valence-corrected chi connectivity index (χ3v) is 3.38. The summed E-state index contributed by atoms with van der Waals surface area (Å²) in [6.45, 7) is 0. The van der Waals surface area contributed by atoms with Crippen LogP contribution in [0.2, 0.25) is 20.1 Å². The standard InChI is InChI=1S/C12H7Cl4NO/c1-18-12-10(16)2-6(5-17-12)11-8(14)3-7(13)4-9(11)15/h2-5H,1H3. The number of ether oxygens (including phenoxy) is 1. The van der Waals surface area contributed by atoms with Crippen molar-refractivity contribution in [2.75, 3.05) is 7.11 Å². The molecule has 1 heterocycles. The molecule has 0 aliphatic heterocycles. The Balaban J connectivity index is 2.59. The molecule has 0 N–H and O–H groups in total. The van der Waals surface area contributed by atoms with E-state index in [0.29, 0.717) is 37.1 Å². The Bertz CT molecular complexity index is 578. The van der Waals surface area contributed by atoms with Crippen LogP contribution in [0.5, 0.6) is 5.88 Å². The Labute approximate surface area is 124 Å². The number of halogens is 4. The van der Waals surface area contributed by atoms with Crippen LogP contribution in [0.4, 0.5) is 0 Å². The highest BCUT2D eigenvalue weighted by Gasteiger charge is 2.12. The van der Waals surface area contributed by atoms with Crippen LogP contribution in [-0.4, -0.2) is 12.1 Å². The first-order valence-corrected chi connectivity index (χ1v) is 6.38. The SMILES string of the molecule is COc1ncc(-c2c(Cl)cc(Cl)cc2Cl)cc1Cl. The number of hydrogen-bond donors (Lipinski definition) is 0. The van der Waals surface area contributed by atoms with Crippen LogP contribution < -0.4 is 4.74 Å². The van der Waals surface area contributed by atoms with E-state index in [2.05, 4.69) is 4.98 Å². The van der Waals surface area contributed by atoms with Gasteiger partial charge in [-0.15, -0.1) is 0 Å². The summed E-state index contributed by atoms with van der Waals surface area (Å²) in [7, 11) is 1.50. The Hall–Kier alpha value is -0.670. The predicted octanol–water partition coefficient (Wildman–Crippen LogP) is 5.37. The molecule has 18 heavy (non-hydrogen) atoms. The fraction of sp³-hybridized carbons (Fsp3) is 0.0833. The summed E-state index contributed by atoms with van der Waals surface area (Å²) in [5.74, 6) is 0.349. The first-order valence-electron chi connectivity index (χ1n) is 4.87. The monoisotopic (exact) mass is 321 g/mol. The van der Waals surface area contributed by atoms with Crippen molar-refractivity contribution in [1.29, 1.82) is 0 Å². The minimum Gasteiger partial charge on any atom is -0.480 e. The molecule has 0 aliphatic rings. The van der Waals surface area contributed by atoms with Gasteiger partial charge in [0.05, 0.1) is 17.2 Å². The van der Waals surface area contributed by atoms with Crippen molar-refractivity contribution in [1.82, 2.24) is 4.98 Å². The topological polar surface area (TPSA) is 22.1 Å². The summed E-state index contributed by atoms with van der Waals surface area (Å²) in [4.78, 5) is 4.07. The summed E-state index contributed by atoms with van der Waals surface area (Å²) < 4.78 is 4.99. The van der Waals surface area contributed by atoms with Gasteiger partial charge in [-0.25, -0.2) is 4.98 Å². The Morgan fingerprint density at radius 1 is 0.944 bits per heavy atom. The second-order valence-corrected chi connectivity index (χ2v) is 5.12. The van der Waals surface area contributed by atoms with Gasteiger partial charge in [-0.05, 0) is 18.2 Å². The minimum absolute atomic E-state index is 0.349. The Kier molecular flexibility index (Phi) is 4.23. The zero-order valence-electron chi connectivity index (χ0n) is 9.18. The van der Waals surface area contributed by atoms with Crippen molar-refractivity contribution in [3.63, 3.8) is 0 Å². The van der Waals surface area contributed by atoms with Crippen molar-refractivity contribution >= 4 is 46.4 Å². The van der Waals surface area contributed by atoms with Crippen molar-refractivity contribution in [2.45, 2.75) is 0 Å². The molecule has 2 rings (SSSR count). The molecule has 0 aliphatic carbocycles. The molecule has 1 aromatic heterocycles. The highest BCUT2D eigenvalue weighted by Crippen LogP contribution is 2.38. The summed E-state index contributed by atoms with van der Waals surface area (Å²) in [5, 5.41) is 1.74. The summed E-state index contributed by atoms with van der Waals surface area (Å²) >= 11 is 24.1. The maximum absolute atomic E-state index is 6.12. The van der Waals surface area contributed by atoms with Gasteiger partial charge in [0.2, 0.25) is 5.88 Å². The van der Waals surface area contributed by atoms with E-state index in [0.717, 1.165) is 0 Å². The number of nitrogens with zero attached hydrogens (tertiary/aromatic N) is 1. The Morgan fingerprint density at radius 2 is 1.56 bits per heavy atom. The van der Waals surface area contributed by atoms with Crippen molar-refractivity contribution in [3.8, 4) is 17.0 Å². The number of aromatic nitrogens is 1. The zero-order chi connectivity index (χ0) is 13.3. The number of methoxy groups -OCH3 is 1. The number of rotatable bonds is 2. The van der Waals surface area contributed by atoms with Crippen LogP contribution >= 0.6 is 46.4 Å². The molecule has 0 fully saturated rings. The summed E-state index contributed by atoms with van der Waals surface area (Å²) in [6, 6.07) is 4.92. The van der Waals surface area contributed by atoms with Gasteiger partial charge < -0.3 is 4.74 Å². The fourth-order valence-electron chi connectivity index (χ4n) is 1.53. The van der Waals surface area contributed by atoms with E-state index in [-0.39, 0.29) is 0 Å². The Morgan fingerprint density at radius 3 is 2.06 bits per heavy atom. The molecule has 0 radical (unpaired) electrons. The maximum Gasteiger partial charge on any atom is 0.232 e. The summed E-state index contributed by atoms with van der Waals surface area (Å²) in [6.07, 6.45) is 1.59. The van der Waals surface area contributed by atoms with E-state index in [9.17, 15) is 0 Å². The molecule has 0 saturated heterocycles. The van der Waals surface area contributed by atoms with Gasteiger partial charge in [0.1, 0.15) is 5.02 Å². The van der Waals surface area contributed by atoms with Gasteiger partial charge in [-0.1, -0.05) is 46.4 Å². The zero-order valence-corrected chi connectivity index (χ0v) is 12.2. The lowest BCUT2D eigenvalue weighted by Gasteiger charge is -2.09. The third kappa shape index (κ3) is 2.67. The highest BCUT2D eigenvalue weighted by molar-refractivity contribution is 6.42. The van der Waals surface area contributed by atoms with E-state index in [1.54, 1.807) is 24.4 Å². The normalized spacial score (nSPS) is 10.5. The van der Waals surface area contributed by atoms with E-state index in [4.69, 9.17) is 51.1 Å². The molecular formula is C12H7Cl4NO. The van der Waals surface area contributed by atoms with Crippen LogP contribution in [0.25, 0.3) is 11.1 Å². The molecule has 6 heteroatoms. The van der Waals surface area contributed by atoms with Crippen LogP contribution in [0.15, 0.2) is 24.4 Å². The largest absolute Gasteiger partial charge is 0.480 e. The third-order valence-electron chi connectivity index (χ3n) is 2.30. The van der Waals surface area contributed by atoms with Crippen molar-refractivity contribution < 1.29 is 4.74 Å². The van der Waals surface area contributed by atoms with Crippen LogP contribution in [-0.2, 0) is 0 Å². The minimum atomic E-state index is 0.349. The number of benzene rings is 1. The molecule has 94 valence electrons. The van der Waals surface area contributed by atoms with Gasteiger partial charge in [0, 0.05) is 22.3 Å². The number of pyridine rings is 1. The van der Waals surface area contributed by atoms with Gasteiger partial charge >= 0.3 is 0 Å². The van der Waals surface area contributed by atoms with Gasteiger partial charge in [-0.3, -0.25) is 0 Å². The van der Waals surface area contributed by atoms with Gasteiger partial charge in [0.25, 0.3) is 0 Å². The van der Waals surface area contributed by atoms with Crippen molar-refractivity contribution in [2.24, 2.45) is 0 Å². The van der Waals surface area contributed by atoms with E-state index in [1.807, 2.05) is 0 Å². The smallest absolute Gasteiger partial charge is 0.232 e. The molecule has 0 atom stereocenters. The first kappa shape index (κ1) is 13.8. The molecule has 0 amide bonds. The van der Waals surface area contributed by atoms with Gasteiger partial charge in [-0.2, -0.15) is 0 Å². The second-order valence-electron chi connectivity index (χ2n) is 3.46. The molecular weight excluding hydrogens is 316 g/mol. The molecule has 0 unspecified atom stereocenters. The second kappa shape index (κ2) is 5.54.